The number of anilines is 1. The van der Waals surface area contributed by atoms with Crippen molar-refractivity contribution < 1.29 is 14.3 Å². The summed E-state index contributed by atoms with van der Waals surface area (Å²) in [6, 6.07) is 17.3. The fourth-order valence-corrected chi connectivity index (χ4v) is 3.65. The van der Waals surface area contributed by atoms with E-state index in [4.69, 9.17) is 4.74 Å². The quantitative estimate of drug-likeness (QED) is 0.898. The van der Waals surface area contributed by atoms with E-state index in [9.17, 15) is 9.59 Å². The highest BCUT2D eigenvalue weighted by atomic mass is 16.5. The highest BCUT2D eigenvalue weighted by Gasteiger charge is 2.31. The molecule has 0 spiro atoms. The first-order valence-electron chi connectivity index (χ1n) is 9.27. The lowest BCUT2D eigenvalue weighted by atomic mass is 10.2. The number of nitrogens with one attached hydrogen (secondary N) is 1. The van der Waals surface area contributed by atoms with Crippen molar-refractivity contribution in [2.45, 2.75) is 19.0 Å². The van der Waals surface area contributed by atoms with Crippen LogP contribution in [0.4, 0.5) is 5.69 Å². The second kappa shape index (κ2) is 7.80. The molecular formula is C21H23N3O3. The second-order valence-electron chi connectivity index (χ2n) is 6.98. The molecule has 0 unspecified atom stereocenters. The molecule has 2 aliphatic heterocycles. The Morgan fingerprint density at radius 1 is 1.11 bits per heavy atom. The number of carbonyl (C=O) groups excluding carboxylic acids is 2. The monoisotopic (exact) mass is 365 g/mol. The van der Waals surface area contributed by atoms with Gasteiger partial charge in [-0.1, -0.05) is 36.4 Å². The number of hydrogen-bond acceptors (Lipinski definition) is 4. The molecule has 1 N–H and O–H groups in total. The van der Waals surface area contributed by atoms with Crippen molar-refractivity contribution in [3.63, 3.8) is 0 Å². The smallest absolute Gasteiger partial charge is 0.234 e. The summed E-state index contributed by atoms with van der Waals surface area (Å²) < 4.78 is 5.75. The van der Waals surface area contributed by atoms with Gasteiger partial charge in [-0.25, -0.2) is 0 Å². The predicted molar refractivity (Wildman–Crippen MR) is 103 cm³/mol. The van der Waals surface area contributed by atoms with Crippen LogP contribution in [0, 0.1) is 0 Å². The lowest BCUT2D eigenvalue weighted by molar-refractivity contribution is -0.123. The van der Waals surface area contributed by atoms with Gasteiger partial charge in [0.25, 0.3) is 0 Å². The second-order valence-corrected chi connectivity index (χ2v) is 6.98. The summed E-state index contributed by atoms with van der Waals surface area (Å²) in [5.74, 6) is 0.881. The molecule has 1 saturated heterocycles. The van der Waals surface area contributed by atoms with Crippen molar-refractivity contribution in [3.05, 3.63) is 60.2 Å². The van der Waals surface area contributed by atoms with Gasteiger partial charge in [-0.05, 0) is 18.2 Å². The van der Waals surface area contributed by atoms with Crippen molar-refractivity contribution in [2.75, 3.05) is 31.1 Å². The number of para-hydroxylation sites is 2. The Balaban J connectivity index is 1.33. The summed E-state index contributed by atoms with van der Waals surface area (Å²) in [7, 11) is 0. The highest BCUT2D eigenvalue weighted by Crippen LogP contribution is 2.23. The van der Waals surface area contributed by atoms with Crippen LogP contribution in [-0.4, -0.2) is 49.0 Å². The number of ether oxygens (including phenoxy) is 1. The van der Waals surface area contributed by atoms with Crippen LogP contribution in [0.5, 0.6) is 5.75 Å². The van der Waals surface area contributed by atoms with Crippen LogP contribution in [0.25, 0.3) is 0 Å². The standard InChI is InChI=1S/C21H23N3O3/c25-20(15-23-10-11-27-19-9-5-4-6-16(19)13-23)22-17-12-21(26)24(14-17)18-7-2-1-3-8-18/h1-9,17H,10-15H2,(H,22,25)/t17-/m0/s1. The summed E-state index contributed by atoms with van der Waals surface area (Å²) in [4.78, 5) is 28.6. The summed E-state index contributed by atoms with van der Waals surface area (Å²) >= 11 is 0. The number of fused-ring (bicyclic) bond motifs is 1. The van der Waals surface area contributed by atoms with Gasteiger partial charge in [0, 0.05) is 37.3 Å². The van der Waals surface area contributed by atoms with E-state index in [1.165, 1.54) is 0 Å². The maximum atomic E-state index is 12.5. The molecule has 4 rings (SSSR count). The molecule has 6 nitrogen and oxygen atoms in total. The Morgan fingerprint density at radius 3 is 2.74 bits per heavy atom. The molecule has 1 atom stereocenters. The largest absolute Gasteiger partial charge is 0.492 e. The van der Waals surface area contributed by atoms with Gasteiger partial charge in [-0.2, -0.15) is 0 Å². The number of rotatable bonds is 4. The Labute approximate surface area is 158 Å². The number of carbonyl (C=O) groups is 2. The van der Waals surface area contributed by atoms with E-state index < -0.39 is 0 Å². The van der Waals surface area contributed by atoms with Crippen LogP contribution in [-0.2, 0) is 16.1 Å². The van der Waals surface area contributed by atoms with E-state index in [-0.39, 0.29) is 17.9 Å². The zero-order chi connectivity index (χ0) is 18.6. The van der Waals surface area contributed by atoms with Crippen molar-refractivity contribution in [1.82, 2.24) is 10.2 Å². The van der Waals surface area contributed by atoms with Gasteiger partial charge < -0.3 is 15.0 Å². The SMILES string of the molecule is O=C(CN1CCOc2ccccc2C1)N[C@H]1CC(=O)N(c2ccccc2)C1. The Hall–Kier alpha value is -2.86. The summed E-state index contributed by atoms with van der Waals surface area (Å²) in [6.07, 6.45) is 0.340. The molecule has 2 aromatic rings. The molecule has 0 aromatic heterocycles. The van der Waals surface area contributed by atoms with E-state index in [1.54, 1.807) is 4.90 Å². The molecule has 2 aromatic carbocycles. The van der Waals surface area contributed by atoms with E-state index in [2.05, 4.69) is 10.2 Å². The maximum Gasteiger partial charge on any atom is 0.234 e. The molecule has 0 radical (unpaired) electrons. The van der Waals surface area contributed by atoms with Gasteiger partial charge in [0.2, 0.25) is 11.8 Å². The summed E-state index contributed by atoms with van der Waals surface area (Å²) in [6.45, 7) is 2.76. The third-order valence-corrected chi connectivity index (χ3v) is 4.96. The number of benzene rings is 2. The minimum Gasteiger partial charge on any atom is -0.492 e. The third-order valence-electron chi connectivity index (χ3n) is 4.96. The zero-order valence-electron chi connectivity index (χ0n) is 15.1. The van der Waals surface area contributed by atoms with Gasteiger partial charge in [-0.15, -0.1) is 0 Å². The molecule has 140 valence electrons. The van der Waals surface area contributed by atoms with Crippen LogP contribution >= 0.6 is 0 Å². The molecular weight excluding hydrogens is 342 g/mol. The van der Waals surface area contributed by atoms with Crippen LogP contribution in [0.3, 0.4) is 0 Å². The molecule has 2 aliphatic rings. The molecule has 0 bridgehead atoms. The third kappa shape index (κ3) is 4.11. The molecule has 2 heterocycles. The minimum absolute atomic E-state index is 0.0450. The molecule has 6 heteroatoms. The van der Waals surface area contributed by atoms with Gasteiger partial charge in [0.1, 0.15) is 12.4 Å². The van der Waals surface area contributed by atoms with Gasteiger partial charge in [-0.3, -0.25) is 14.5 Å². The first-order valence-corrected chi connectivity index (χ1v) is 9.27. The van der Waals surface area contributed by atoms with E-state index >= 15 is 0 Å². The first-order chi connectivity index (χ1) is 13.2. The Morgan fingerprint density at radius 2 is 1.89 bits per heavy atom. The van der Waals surface area contributed by atoms with Gasteiger partial charge in [0.15, 0.2) is 0 Å². The fourth-order valence-electron chi connectivity index (χ4n) is 3.65. The summed E-state index contributed by atoms with van der Waals surface area (Å²) in [5.41, 5.74) is 1.97. The molecule has 27 heavy (non-hydrogen) atoms. The van der Waals surface area contributed by atoms with Crippen molar-refractivity contribution in [1.29, 1.82) is 0 Å². The average molecular weight is 365 g/mol. The number of nitrogens with zero attached hydrogens (tertiary/aromatic N) is 2. The van der Waals surface area contributed by atoms with Crippen LogP contribution in [0.15, 0.2) is 54.6 Å². The van der Waals surface area contributed by atoms with Crippen LogP contribution < -0.4 is 15.0 Å². The molecule has 2 amide bonds. The van der Waals surface area contributed by atoms with E-state index in [0.29, 0.717) is 39.2 Å². The lowest BCUT2D eigenvalue weighted by Crippen LogP contribution is -2.43. The zero-order valence-corrected chi connectivity index (χ0v) is 15.1. The number of hydrogen-bond donors (Lipinski definition) is 1. The molecule has 1 fully saturated rings. The Bertz CT molecular complexity index is 824. The van der Waals surface area contributed by atoms with Crippen molar-refractivity contribution in [2.24, 2.45) is 0 Å². The van der Waals surface area contributed by atoms with Crippen molar-refractivity contribution in [3.8, 4) is 5.75 Å². The first kappa shape index (κ1) is 17.5. The van der Waals surface area contributed by atoms with Gasteiger partial charge in [0.05, 0.1) is 12.6 Å². The number of amides is 2. The lowest BCUT2D eigenvalue weighted by Gasteiger charge is -2.21. The van der Waals surface area contributed by atoms with E-state index in [0.717, 1.165) is 17.0 Å². The van der Waals surface area contributed by atoms with Crippen LogP contribution in [0.2, 0.25) is 0 Å². The van der Waals surface area contributed by atoms with E-state index in [1.807, 2.05) is 54.6 Å². The normalized spacial score (nSPS) is 19.9. The summed E-state index contributed by atoms with van der Waals surface area (Å²) in [5, 5.41) is 3.02. The maximum absolute atomic E-state index is 12.5. The molecule has 0 saturated carbocycles. The van der Waals surface area contributed by atoms with Crippen LogP contribution in [0.1, 0.15) is 12.0 Å². The fraction of sp³-hybridized carbons (Fsp3) is 0.333. The topological polar surface area (TPSA) is 61.9 Å². The van der Waals surface area contributed by atoms with Crippen molar-refractivity contribution >= 4 is 17.5 Å². The Kier molecular flexibility index (Phi) is 5.07. The average Bonchev–Trinajstić information content (AvgIpc) is 2.91. The molecule has 0 aliphatic carbocycles. The highest BCUT2D eigenvalue weighted by molar-refractivity contribution is 5.96. The minimum atomic E-state index is -0.152. The van der Waals surface area contributed by atoms with Gasteiger partial charge >= 0.3 is 0 Å². The predicted octanol–water partition coefficient (Wildman–Crippen LogP) is 1.80.